The van der Waals surface area contributed by atoms with Crippen molar-refractivity contribution in [3.63, 3.8) is 0 Å². The van der Waals surface area contributed by atoms with Crippen LogP contribution in [0.2, 0.25) is 19.6 Å². The molecule has 1 aliphatic rings. The molecule has 3 nitrogen and oxygen atoms in total. The molecule has 0 atom stereocenters. The number of hydrogen-bond donors (Lipinski definition) is 0. The van der Waals surface area contributed by atoms with Gasteiger partial charge in [-0.1, -0.05) is 0 Å². The van der Waals surface area contributed by atoms with E-state index in [9.17, 15) is 0 Å². The Morgan fingerprint density at radius 2 is 1.93 bits per heavy atom. The first-order valence-electron chi connectivity index (χ1n) is 4.99. The lowest BCUT2D eigenvalue weighted by atomic mass is 10.2. The van der Waals surface area contributed by atoms with E-state index >= 15 is 0 Å². The van der Waals surface area contributed by atoms with Crippen molar-refractivity contribution in [1.82, 2.24) is 0 Å². The van der Waals surface area contributed by atoms with E-state index in [2.05, 4.69) is 24.3 Å². The third kappa shape index (κ3) is 2.59. The zero-order valence-corrected chi connectivity index (χ0v) is 10.3. The van der Waals surface area contributed by atoms with Gasteiger partial charge in [-0.05, 0) is 43.4 Å². The van der Waals surface area contributed by atoms with Gasteiger partial charge in [-0.15, -0.1) is 0 Å². The smallest absolute Gasteiger partial charge is 0.231 e. The third-order valence-electron chi connectivity index (χ3n) is 2.00. The summed E-state index contributed by atoms with van der Waals surface area (Å²) in [6.45, 7) is 6.94. The summed E-state index contributed by atoms with van der Waals surface area (Å²) in [6, 6.07) is 5.89. The predicted octanol–water partition coefficient (Wildman–Crippen LogP) is 2.67. The molecule has 0 saturated heterocycles. The molecule has 80 valence electrons. The molecular weight excluding hydrogens is 206 g/mol. The average Bonchev–Trinajstić information content (AvgIpc) is 2.60. The Balaban J connectivity index is 2.20. The Bertz CT molecular complexity index is 396. The van der Waals surface area contributed by atoms with Crippen LogP contribution in [0.3, 0.4) is 0 Å². The van der Waals surface area contributed by atoms with E-state index < -0.39 is 8.24 Å². The summed E-state index contributed by atoms with van der Waals surface area (Å²) in [4.78, 5) is 0. The lowest BCUT2D eigenvalue weighted by molar-refractivity contribution is 0.174. The van der Waals surface area contributed by atoms with Crippen molar-refractivity contribution >= 4 is 14.5 Å². The summed E-state index contributed by atoms with van der Waals surface area (Å²) in [5, 5.41) is 0. The van der Waals surface area contributed by atoms with Gasteiger partial charge in [-0.2, -0.15) is 0 Å². The van der Waals surface area contributed by atoms with Gasteiger partial charge >= 0.3 is 0 Å². The van der Waals surface area contributed by atoms with Crippen LogP contribution in [0.25, 0.3) is 0 Å². The Kier molecular flexibility index (Phi) is 2.52. The predicted molar refractivity (Wildman–Crippen MR) is 63.5 cm³/mol. The Morgan fingerprint density at radius 3 is 2.67 bits per heavy atom. The van der Waals surface area contributed by atoms with Gasteiger partial charge < -0.3 is 14.1 Å². The molecule has 0 spiro atoms. The molecule has 0 unspecified atom stereocenters. The van der Waals surface area contributed by atoms with Crippen LogP contribution in [0.5, 0.6) is 11.5 Å². The number of ether oxygens (including phenoxy) is 2. The zero-order chi connectivity index (χ0) is 10.9. The van der Waals surface area contributed by atoms with E-state index in [4.69, 9.17) is 9.47 Å². The van der Waals surface area contributed by atoms with Gasteiger partial charge in [0, 0.05) is 6.21 Å². The molecule has 0 N–H and O–H groups in total. The standard InChI is InChI=1S/C11H15NO2Si/c1-15(2,3)12-7-9-4-5-10-11(6-9)14-8-13-10/h4-7H,8H2,1-3H3/b12-7+. The maximum Gasteiger partial charge on any atom is 0.231 e. The molecule has 0 fully saturated rings. The number of fused-ring (bicyclic) bond motifs is 1. The highest BCUT2D eigenvalue weighted by molar-refractivity contribution is 6.75. The molecule has 1 heterocycles. The van der Waals surface area contributed by atoms with Gasteiger partial charge in [0.25, 0.3) is 0 Å². The number of benzene rings is 1. The second-order valence-corrected chi connectivity index (χ2v) is 9.14. The monoisotopic (exact) mass is 221 g/mol. The van der Waals surface area contributed by atoms with Crippen LogP contribution in [-0.2, 0) is 0 Å². The minimum atomic E-state index is -1.37. The van der Waals surface area contributed by atoms with Crippen molar-refractivity contribution in [2.45, 2.75) is 19.6 Å². The minimum Gasteiger partial charge on any atom is -0.454 e. The quantitative estimate of drug-likeness (QED) is 0.568. The van der Waals surface area contributed by atoms with Gasteiger partial charge in [-0.3, -0.25) is 0 Å². The summed E-state index contributed by atoms with van der Waals surface area (Å²) in [7, 11) is -1.37. The first kappa shape index (κ1) is 10.2. The Morgan fingerprint density at radius 1 is 1.20 bits per heavy atom. The van der Waals surface area contributed by atoms with Crippen molar-refractivity contribution in [2.24, 2.45) is 4.66 Å². The van der Waals surface area contributed by atoms with Crippen molar-refractivity contribution in [3.05, 3.63) is 23.8 Å². The van der Waals surface area contributed by atoms with Crippen LogP contribution < -0.4 is 9.47 Å². The Hall–Kier alpha value is -1.29. The van der Waals surface area contributed by atoms with Gasteiger partial charge in [0.1, 0.15) is 0 Å². The van der Waals surface area contributed by atoms with Crippen LogP contribution >= 0.6 is 0 Å². The lowest BCUT2D eigenvalue weighted by Gasteiger charge is -2.07. The summed E-state index contributed by atoms with van der Waals surface area (Å²) in [6.07, 6.45) is 1.92. The van der Waals surface area contributed by atoms with E-state index in [0.29, 0.717) is 6.79 Å². The van der Waals surface area contributed by atoms with Crippen molar-refractivity contribution in [3.8, 4) is 11.5 Å². The molecule has 0 bridgehead atoms. The topological polar surface area (TPSA) is 30.8 Å². The van der Waals surface area contributed by atoms with E-state index in [1.165, 1.54) is 0 Å². The van der Waals surface area contributed by atoms with E-state index in [1.54, 1.807) is 0 Å². The fourth-order valence-corrected chi connectivity index (χ4v) is 1.80. The van der Waals surface area contributed by atoms with Crippen LogP contribution in [0, 0.1) is 0 Å². The lowest BCUT2D eigenvalue weighted by Crippen LogP contribution is -2.16. The molecule has 2 rings (SSSR count). The second kappa shape index (κ2) is 3.70. The molecule has 15 heavy (non-hydrogen) atoms. The maximum absolute atomic E-state index is 5.30. The molecule has 1 aromatic carbocycles. The molecular formula is C11H15NO2Si. The largest absolute Gasteiger partial charge is 0.454 e. The fourth-order valence-electron chi connectivity index (χ4n) is 1.26. The molecule has 0 amide bonds. The van der Waals surface area contributed by atoms with Gasteiger partial charge in [0.15, 0.2) is 19.7 Å². The molecule has 1 aromatic rings. The normalized spacial score (nSPS) is 14.9. The first-order valence-corrected chi connectivity index (χ1v) is 8.44. The highest BCUT2D eigenvalue weighted by Crippen LogP contribution is 2.32. The number of hydrogen-bond acceptors (Lipinski definition) is 3. The van der Waals surface area contributed by atoms with Gasteiger partial charge in [0.2, 0.25) is 6.79 Å². The van der Waals surface area contributed by atoms with Gasteiger partial charge in [0.05, 0.1) is 0 Å². The van der Waals surface area contributed by atoms with Crippen LogP contribution in [-0.4, -0.2) is 21.2 Å². The SMILES string of the molecule is C[Si](C)(C)/N=C/c1ccc2c(c1)OCO2. The third-order valence-corrected chi connectivity index (χ3v) is 2.90. The highest BCUT2D eigenvalue weighted by Gasteiger charge is 2.13. The number of rotatable bonds is 2. The molecule has 0 radical (unpaired) electrons. The maximum atomic E-state index is 5.30. The number of nitrogens with zero attached hydrogens (tertiary/aromatic N) is 1. The van der Waals surface area contributed by atoms with E-state index in [1.807, 2.05) is 24.4 Å². The fraction of sp³-hybridized carbons (Fsp3) is 0.364. The van der Waals surface area contributed by atoms with E-state index in [0.717, 1.165) is 17.1 Å². The van der Waals surface area contributed by atoms with Crippen LogP contribution in [0.1, 0.15) is 5.56 Å². The molecule has 4 heteroatoms. The molecule has 1 aliphatic heterocycles. The summed E-state index contributed by atoms with van der Waals surface area (Å²) in [5.41, 5.74) is 1.07. The summed E-state index contributed by atoms with van der Waals surface area (Å²) < 4.78 is 15.1. The summed E-state index contributed by atoms with van der Waals surface area (Å²) in [5.74, 6) is 1.63. The van der Waals surface area contributed by atoms with E-state index in [-0.39, 0.29) is 0 Å². The molecule has 0 saturated carbocycles. The minimum absolute atomic E-state index is 0.323. The zero-order valence-electron chi connectivity index (χ0n) is 9.28. The molecule has 0 aromatic heterocycles. The second-order valence-electron chi connectivity index (χ2n) is 4.54. The average molecular weight is 221 g/mol. The van der Waals surface area contributed by atoms with Gasteiger partial charge in [-0.25, -0.2) is 0 Å². The van der Waals surface area contributed by atoms with Crippen LogP contribution in [0.4, 0.5) is 0 Å². The van der Waals surface area contributed by atoms with Crippen molar-refractivity contribution in [1.29, 1.82) is 0 Å². The Labute approximate surface area is 90.8 Å². The van der Waals surface area contributed by atoms with Crippen LogP contribution in [0.15, 0.2) is 22.9 Å². The van der Waals surface area contributed by atoms with Crippen molar-refractivity contribution in [2.75, 3.05) is 6.79 Å². The summed E-state index contributed by atoms with van der Waals surface area (Å²) >= 11 is 0. The first-order chi connectivity index (χ1) is 7.04. The highest BCUT2D eigenvalue weighted by atomic mass is 28.3. The molecule has 0 aliphatic carbocycles. The van der Waals surface area contributed by atoms with Crippen molar-refractivity contribution < 1.29 is 9.47 Å².